The summed E-state index contributed by atoms with van der Waals surface area (Å²) in [5, 5.41) is 13.5. The molecule has 4 heterocycles. The summed E-state index contributed by atoms with van der Waals surface area (Å²) in [6.45, 7) is 8.82. The Hall–Kier alpha value is -4.18. The van der Waals surface area contributed by atoms with Gasteiger partial charge >= 0.3 is 5.97 Å². The third kappa shape index (κ3) is 5.24. The van der Waals surface area contributed by atoms with Crippen LogP contribution >= 0.6 is 11.6 Å². The number of aromatic carboxylic acids is 1. The standard InChI is InChI=1S/C28H30ClN7O3/c1-16-12-20(18(3)31-22-5-6-23(29)32-25(22)27(38)39)24-21(13-16)26(37)34(4)28(33-24)36-9-7-35(8-10-36)19-11-17(2)14-30-15-19/h5-6,11-15,18,31H,7-10H2,1-4H3,(H,38,39)/t18-/m1/s1. The molecule has 1 saturated heterocycles. The molecule has 1 fully saturated rings. The van der Waals surface area contributed by atoms with Gasteiger partial charge in [-0.05, 0) is 56.2 Å². The molecule has 1 atom stereocenters. The SMILES string of the molecule is Cc1cncc(N2CCN(c3nc4c([C@@H](C)Nc5ccc(Cl)nc5C(=O)O)cc(C)cc4c(=O)n3C)CC2)c1. The molecule has 5 rings (SSSR count). The minimum Gasteiger partial charge on any atom is -0.476 e. The lowest BCUT2D eigenvalue weighted by Gasteiger charge is -2.37. The Morgan fingerprint density at radius 2 is 1.74 bits per heavy atom. The van der Waals surface area contributed by atoms with E-state index in [1.807, 2.05) is 45.3 Å². The predicted molar refractivity (Wildman–Crippen MR) is 153 cm³/mol. The van der Waals surface area contributed by atoms with E-state index in [0.717, 1.165) is 35.5 Å². The molecule has 0 radical (unpaired) electrons. The summed E-state index contributed by atoms with van der Waals surface area (Å²) in [5.74, 6) is -0.581. The van der Waals surface area contributed by atoms with E-state index in [1.54, 1.807) is 17.7 Å². The molecule has 39 heavy (non-hydrogen) atoms. The number of carboxylic acids is 1. The largest absolute Gasteiger partial charge is 0.476 e. The second-order valence-corrected chi connectivity index (χ2v) is 10.3. The Balaban J connectivity index is 1.49. The second-order valence-electron chi connectivity index (χ2n) is 9.92. The molecular formula is C28H30ClN7O3. The molecule has 11 heteroatoms. The molecule has 0 saturated carbocycles. The molecule has 1 aromatic carbocycles. The first-order valence-corrected chi connectivity index (χ1v) is 13.1. The van der Waals surface area contributed by atoms with Gasteiger partial charge in [0.25, 0.3) is 5.56 Å². The normalized spacial score (nSPS) is 14.5. The summed E-state index contributed by atoms with van der Waals surface area (Å²) < 4.78 is 1.61. The zero-order valence-corrected chi connectivity index (χ0v) is 23.0. The Labute approximate surface area is 230 Å². The number of pyridine rings is 2. The van der Waals surface area contributed by atoms with Crippen molar-refractivity contribution in [1.82, 2.24) is 19.5 Å². The van der Waals surface area contributed by atoms with Crippen molar-refractivity contribution in [2.24, 2.45) is 7.05 Å². The van der Waals surface area contributed by atoms with Gasteiger partial charge in [0.15, 0.2) is 5.69 Å². The summed E-state index contributed by atoms with van der Waals surface area (Å²) in [5.41, 5.74) is 4.52. The van der Waals surface area contributed by atoms with Crippen molar-refractivity contribution in [2.75, 3.05) is 41.3 Å². The van der Waals surface area contributed by atoms with Crippen molar-refractivity contribution in [1.29, 1.82) is 0 Å². The van der Waals surface area contributed by atoms with Crippen molar-refractivity contribution >= 4 is 45.8 Å². The average Bonchev–Trinajstić information content (AvgIpc) is 2.91. The number of piperazine rings is 1. The maximum atomic E-state index is 13.5. The van der Waals surface area contributed by atoms with E-state index >= 15 is 0 Å². The van der Waals surface area contributed by atoms with Gasteiger partial charge < -0.3 is 20.2 Å². The number of fused-ring (bicyclic) bond motifs is 1. The van der Waals surface area contributed by atoms with Crippen molar-refractivity contribution in [3.63, 3.8) is 0 Å². The van der Waals surface area contributed by atoms with Crippen LogP contribution < -0.4 is 20.7 Å². The number of nitrogens with one attached hydrogen (secondary N) is 1. The Kier molecular flexibility index (Phi) is 7.14. The van der Waals surface area contributed by atoms with Crippen LogP contribution in [0.2, 0.25) is 5.15 Å². The highest BCUT2D eigenvalue weighted by molar-refractivity contribution is 6.29. The van der Waals surface area contributed by atoms with Crippen molar-refractivity contribution < 1.29 is 9.90 Å². The monoisotopic (exact) mass is 547 g/mol. The molecule has 3 aromatic heterocycles. The van der Waals surface area contributed by atoms with Crippen LogP contribution in [0.25, 0.3) is 10.9 Å². The molecule has 202 valence electrons. The van der Waals surface area contributed by atoms with Gasteiger partial charge in [-0.15, -0.1) is 0 Å². The number of hydrogen-bond donors (Lipinski definition) is 2. The number of benzene rings is 1. The van der Waals surface area contributed by atoms with Crippen LogP contribution in [0.1, 0.15) is 40.1 Å². The lowest BCUT2D eigenvalue weighted by Crippen LogP contribution is -2.48. The number of hydrogen-bond acceptors (Lipinski definition) is 8. The maximum absolute atomic E-state index is 13.5. The van der Waals surface area contributed by atoms with E-state index in [1.165, 1.54) is 6.07 Å². The minimum atomic E-state index is -1.18. The van der Waals surface area contributed by atoms with Crippen LogP contribution in [-0.4, -0.2) is 56.8 Å². The minimum absolute atomic E-state index is 0.0974. The van der Waals surface area contributed by atoms with Crippen molar-refractivity contribution in [3.8, 4) is 0 Å². The van der Waals surface area contributed by atoms with Crippen LogP contribution in [0.15, 0.2) is 47.5 Å². The van der Waals surface area contributed by atoms with Crippen molar-refractivity contribution in [3.05, 3.63) is 80.6 Å². The number of rotatable bonds is 6. The topological polar surface area (TPSA) is 116 Å². The Morgan fingerprint density at radius 1 is 1.03 bits per heavy atom. The van der Waals surface area contributed by atoms with Gasteiger partial charge in [-0.1, -0.05) is 17.7 Å². The van der Waals surface area contributed by atoms with E-state index in [9.17, 15) is 14.7 Å². The number of carboxylic acid groups (broad SMARTS) is 1. The van der Waals surface area contributed by atoms with Gasteiger partial charge in [0.05, 0.1) is 34.5 Å². The number of carbonyl (C=O) groups is 1. The molecule has 2 N–H and O–H groups in total. The maximum Gasteiger partial charge on any atom is 0.356 e. The van der Waals surface area contributed by atoms with Crippen LogP contribution in [0.3, 0.4) is 0 Å². The first-order chi connectivity index (χ1) is 18.6. The van der Waals surface area contributed by atoms with E-state index in [0.29, 0.717) is 35.6 Å². The predicted octanol–water partition coefficient (Wildman–Crippen LogP) is 4.19. The zero-order valence-electron chi connectivity index (χ0n) is 22.3. The van der Waals surface area contributed by atoms with E-state index < -0.39 is 5.97 Å². The second kappa shape index (κ2) is 10.5. The van der Waals surface area contributed by atoms with E-state index in [-0.39, 0.29) is 22.4 Å². The van der Waals surface area contributed by atoms with Crippen LogP contribution in [-0.2, 0) is 7.05 Å². The van der Waals surface area contributed by atoms with Gasteiger partial charge in [-0.3, -0.25) is 14.3 Å². The summed E-state index contributed by atoms with van der Waals surface area (Å²) in [6.07, 6.45) is 3.72. The molecule has 1 aliphatic heterocycles. The highest BCUT2D eigenvalue weighted by atomic mass is 35.5. The number of nitrogens with zero attached hydrogens (tertiary/aromatic N) is 6. The number of aromatic nitrogens is 4. The lowest BCUT2D eigenvalue weighted by molar-refractivity contribution is 0.0691. The zero-order chi connectivity index (χ0) is 27.8. The quantitative estimate of drug-likeness (QED) is 0.343. The molecule has 10 nitrogen and oxygen atoms in total. The van der Waals surface area contributed by atoms with Gasteiger partial charge in [-0.25, -0.2) is 14.8 Å². The molecule has 4 aromatic rings. The summed E-state index contributed by atoms with van der Waals surface area (Å²) in [6, 6.07) is 8.71. The van der Waals surface area contributed by atoms with Gasteiger partial charge in [0.1, 0.15) is 5.15 Å². The Bertz CT molecular complexity index is 1630. The molecule has 0 spiro atoms. The van der Waals surface area contributed by atoms with E-state index in [2.05, 4.69) is 31.2 Å². The molecule has 0 unspecified atom stereocenters. The summed E-state index contributed by atoms with van der Waals surface area (Å²) >= 11 is 5.93. The number of halogens is 1. The highest BCUT2D eigenvalue weighted by Crippen LogP contribution is 2.29. The molecule has 1 aliphatic rings. The number of aryl methyl sites for hydroxylation is 2. The van der Waals surface area contributed by atoms with Crippen LogP contribution in [0.5, 0.6) is 0 Å². The highest BCUT2D eigenvalue weighted by Gasteiger charge is 2.24. The van der Waals surface area contributed by atoms with Crippen molar-refractivity contribution in [2.45, 2.75) is 26.8 Å². The first kappa shape index (κ1) is 26.4. The fourth-order valence-electron chi connectivity index (χ4n) is 5.06. The molecule has 0 amide bonds. The molecule has 0 aliphatic carbocycles. The fourth-order valence-corrected chi connectivity index (χ4v) is 5.20. The molecule has 0 bridgehead atoms. The van der Waals surface area contributed by atoms with Gasteiger partial charge in [0.2, 0.25) is 5.95 Å². The average molecular weight is 548 g/mol. The Morgan fingerprint density at radius 3 is 2.44 bits per heavy atom. The first-order valence-electron chi connectivity index (χ1n) is 12.7. The smallest absolute Gasteiger partial charge is 0.356 e. The number of anilines is 3. The third-order valence-corrected chi connectivity index (χ3v) is 7.23. The third-order valence-electron chi connectivity index (χ3n) is 7.02. The molecular weight excluding hydrogens is 518 g/mol. The van der Waals surface area contributed by atoms with Crippen LogP contribution in [0.4, 0.5) is 17.3 Å². The lowest BCUT2D eigenvalue weighted by atomic mass is 10.0. The van der Waals surface area contributed by atoms with Gasteiger partial charge in [0, 0.05) is 45.0 Å². The van der Waals surface area contributed by atoms with Gasteiger partial charge in [-0.2, -0.15) is 0 Å². The van der Waals surface area contributed by atoms with E-state index in [4.69, 9.17) is 16.6 Å². The summed E-state index contributed by atoms with van der Waals surface area (Å²) in [7, 11) is 1.75. The van der Waals surface area contributed by atoms with Crippen LogP contribution in [0, 0.1) is 13.8 Å². The summed E-state index contributed by atoms with van der Waals surface area (Å²) in [4.78, 5) is 43.0. The fraction of sp³-hybridized carbons (Fsp3) is 0.321.